The quantitative estimate of drug-likeness (QED) is 0.702. The lowest BCUT2D eigenvalue weighted by Gasteiger charge is -2.23. The van der Waals surface area contributed by atoms with Crippen LogP contribution in [0.3, 0.4) is 0 Å². The van der Waals surface area contributed by atoms with Gasteiger partial charge in [0, 0.05) is 12.0 Å². The second kappa shape index (κ2) is 10.1. The molecule has 0 radical (unpaired) electrons. The Kier molecular flexibility index (Phi) is 8.07. The molecular weight excluding hydrogens is 286 g/mol. The lowest BCUT2D eigenvalue weighted by molar-refractivity contribution is -0.0230. The molecule has 1 aromatic carbocycles. The SMILES string of the molecule is CCC[C@H](C[C@@H]1CC[C@H]([C@@H](C)COCc2ccccc2)O1)NC. The third kappa shape index (κ3) is 6.25. The zero-order valence-corrected chi connectivity index (χ0v) is 15.0. The maximum absolute atomic E-state index is 6.28. The molecule has 23 heavy (non-hydrogen) atoms. The molecule has 0 aliphatic carbocycles. The fourth-order valence-electron chi connectivity index (χ4n) is 3.42. The van der Waals surface area contributed by atoms with Gasteiger partial charge in [0.2, 0.25) is 0 Å². The van der Waals surface area contributed by atoms with Gasteiger partial charge in [0.25, 0.3) is 0 Å². The van der Waals surface area contributed by atoms with Crippen LogP contribution in [0.15, 0.2) is 30.3 Å². The molecule has 1 aromatic rings. The minimum absolute atomic E-state index is 0.356. The highest BCUT2D eigenvalue weighted by Gasteiger charge is 2.30. The highest BCUT2D eigenvalue weighted by molar-refractivity contribution is 5.13. The maximum atomic E-state index is 6.28. The van der Waals surface area contributed by atoms with Gasteiger partial charge in [-0.1, -0.05) is 50.6 Å². The van der Waals surface area contributed by atoms with Gasteiger partial charge in [0.1, 0.15) is 0 Å². The first-order valence-corrected chi connectivity index (χ1v) is 9.17. The van der Waals surface area contributed by atoms with Crippen LogP contribution in [0.1, 0.15) is 51.5 Å². The monoisotopic (exact) mass is 319 g/mol. The summed E-state index contributed by atoms with van der Waals surface area (Å²) < 4.78 is 12.2. The summed E-state index contributed by atoms with van der Waals surface area (Å²) in [4.78, 5) is 0. The van der Waals surface area contributed by atoms with E-state index in [-0.39, 0.29) is 0 Å². The predicted molar refractivity (Wildman–Crippen MR) is 95.5 cm³/mol. The summed E-state index contributed by atoms with van der Waals surface area (Å²) in [6.45, 7) is 5.96. The first-order valence-electron chi connectivity index (χ1n) is 9.17. The van der Waals surface area contributed by atoms with E-state index >= 15 is 0 Å². The lowest BCUT2D eigenvalue weighted by Crippen LogP contribution is -2.30. The highest BCUT2D eigenvalue weighted by Crippen LogP contribution is 2.28. The summed E-state index contributed by atoms with van der Waals surface area (Å²) in [5.41, 5.74) is 1.24. The smallest absolute Gasteiger partial charge is 0.0717 e. The van der Waals surface area contributed by atoms with Gasteiger partial charge < -0.3 is 14.8 Å². The van der Waals surface area contributed by atoms with Crippen LogP contribution >= 0.6 is 0 Å². The van der Waals surface area contributed by atoms with Crippen molar-refractivity contribution in [2.45, 2.75) is 70.8 Å². The molecule has 4 atom stereocenters. The van der Waals surface area contributed by atoms with Crippen molar-refractivity contribution in [1.82, 2.24) is 5.32 Å². The Bertz CT molecular complexity index is 423. The summed E-state index contributed by atoms with van der Waals surface area (Å²) in [6.07, 6.45) is 6.73. The van der Waals surface area contributed by atoms with Gasteiger partial charge in [-0.25, -0.2) is 0 Å². The molecule has 0 saturated carbocycles. The fourth-order valence-corrected chi connectivity index (χ4v) is 3.42. The van der Waals surface area contributed by atoms with Crippen molar-refractivity contribution in [3.05, 3.63) is 35.9 Å². The number of hydrogen-bond donors (Lipinski definition) is 1. The first kappa shape index (κ1) is 18.4. The summed E-state index contributed by atoms with van der Waals surface area (Å²) >= 11 is 0. The van der Waals surface area contributed by atoms with E-state index in [9.17, 15) is 0 Å². The van der Waals surface area contributed by atoms with E-state index < -0.39 is 0 Å². The third-order valence-electron chi connectivity index (χ3n) is 4.86. The van der Waals surface area contributed by atoms with E-state index in [0.717, 1.165) is 13.0 Å². The third-order valence-corrected chi connectivity index (χ3v) is 4.86. The van der Waals surface area contributed by atoms with Crippen LogP contribution in [-0.4, -0.2) is 31.9 Å². The molecule has 0 unspecified atom stereocenters. The van der Waals surface area contributed by atoms with Crippen molar-refractivity contribution in [1.29, 1.82) is 0 Å². The van der Waals surface area contributed by atoms with E-state index in [4.69, 9.17) is 9.47 Å². The molecule has 130 valence electrons. The fraction of sp³-hybridized carbons (Fsp3) is 0.700. The Labute approximate surface area is 141 Å². The van der Waals surface area contributed by atoms with E-state index in [1.54, 1.807) is 0 Å². The number of hydrogen-bond acceptors (Lipinski definition) is 3. The highest BCUT2D eigenvalue weighted by atomic mass is 16.5. The molecule has 1 heterocycles. The number of rotatable bonds is 10. The second-order valence-electron chi connectivity index (χ2n) is 6.86. The normalized spacial score (nSPS) is 23.8. The molecule has 2 rings (SSSR count). The largest absolute Gasteiger partial charge is 0.376 e. The first-order chi connectivity index (χ1) is 11.2. The standard InChI is InChI=1S/C20H33NO2/c1-4-8-18(21-3)13-19-11-12-20(23-19)16(2)14-22-15-17-9-6-5-7-10-17/h5-7,9-10,16,18-21H,4,8,11-15H2,1-3H3/t16-,18+,19-,20+/m0/s1. The van der Waals surface area contributed by atoms with Gasteiger partial charge >= 0.3 is 0 Å². The van der Waals surface area contributed by atoms with E-state index in [0.29, 0.717) is 30.8 Å². The Morgan fingerprint density at radius 3 is 2.74 bits per heavy atom. The van der Waals surface area contributed by atoms with Crippen molar-refractivity contribution in [2.24, 2.45) is 5.92 Å². The van der Waals surface area contributed by atoms with Crippen LogP contribution in [0.25, 0.3) is 0 Å². The number of nitrogens with one attached hydrogen (secondary N) is 1. The van der Waals surface area contributed by atoms with Crippen LogP contribution in [-0.2, 0) is 16.1 Å². The molecule has 0 amide bonds. The van der Waals surface area contributed by atoms with E-state index in [1.807, 2.05) is 6.07 Å². The minimum atomic E-state index is 0.356. The Morgan fingerprint density at radius 2 is 2.04 bits per heavy atom. The average molecular weight is 319 g/mol. The molecule has 0 aromatic heterocycles. The molecule has 1 aliphatic rings. The van der Waals surface area contributed by atoms with Crippen LogP contribution < -0.4 is 5.32 Å². The van der Waals surface area contributed by atoms with E-state index in [2.05, 4.69) is 50.5 Å². The van der Waals surface area contributed by atoms with Gasteiger partial charge in [-0.15, -0.1) is 0 Å². The zero-order valence-electron chi connectivity index (χ0n) is 15.0. The van der Waals surface area contributed by atoms with Gasteiger partial charge in [0.15, 0.2) is 0 Å². The van der Waals surface area contributed by atoms with Gasteiger partial charge in [-0.2, -0.15) is 0 Å². The van der Waals surface area contributed by atoms with Crippen LogP contribution in [0.2, 0.25) is 0 Å². The van der Waals surface area contributed by atoms with Crippen molar-refractivity contribution in [2.75, 3.05) is 13.7 Å². The topological polar surface area (TPSA) is 30.5 Å². The number of benzene rings is 1. The van der Waals surface area contributed by atoms with Crippen molar-refractivity contribution >= 4 is 0 Å². The van der Waals surface area contributed by atoms with Crippen molar-refractivity contribution < 1.29 is 9.47 Å². The summed E-state index contributed by atoms with van der Waals surface area (Å²) in [7, 11) is 2.06. The Hall–Kier alpha value is -0.900. The van der Waals surface area contributed by atoms with Crippen molar-refractivity contribution in [3.8, 4) is 0 Å². The molecule has 1 saturated heterocycles. The molecule has 3 nitrogen and oxygen atoms in total. The molecule has 1 N–H and O–H groups in total. The molecule has 1 aliphatic heterocycles. The van der Waals surface area contributed by atoms with Crippen LogP contribution in [0, 0.1) is 5.92 Å². The molecule has 3 heteroatoms. The Balaban J connectivity index is 1.67. The summed E-state index contributed by atoms with van der Waals surface area (Å²) in [6, 6.07) is 11.0. The maximum Gasteiger partial charge on any atom is 0.0717 e. The molecule has 1 fully saturated rings. The van der Waals surface area contributed by atoms with Crippen molar-refractivity contribution in [3.63, 3.8) is 0 Å². The predicted octanol–water partition coefficient (Wildman–Crippen LogP) is 4.17. The summed E-state index contributed by atoms with van der Waals surface area (Å²) in [5.74, 6) is 0.461. The van der Waals surface area contributed by atoms with Gasteiger partial charge in [-0.3, -0.25) is 0 Å². The average Bonchev–Trinajstić information content (AvgIpc) is 3.04. The Morgan fingerprint density at radius 1 is 1.26 bits per heavy atom. The lowest BCUT2D eigenvalue weighted by atomic mass is 10.0. The van der Waals surface area contributed by atoms with Crippen LogP contribution in [0.4, 0.5) is 0 Å². The second-order valence-corrected chi connectivity index (χ2v) is 6.86. The molecular formula is C20H33NO2. The minimum Gasteiger partial charge on any atom is -0.376 e. The van der Waals surface area contributed by atoms with E-state index in [1.165, 1.54) is 31.2 Å². The van der Waals surface area contributed by atoms with Crippen LogP contribution in [0.5, 0.6) is 0 Å². The number of ether oxygens (including phenoxy) is 2. The zero-order chi connectivity index (χ0) is 16.5. The molecule has 0 spiro atoms. The van der Waals surface area contributed by atoms with Gasteiger partial charge in [0.05, 0.1) is 25.4 Å². The molecule has 0 bridgehead atoms. The van der Waals surface area contributed by atoms with Gasteiger partial charge in [-0.05, 0) is 38.3 Å². The summed E-state index contributed by atoms with van der Waals surface area (Å²) in [5, 5.41) is 3.42.